The summed E-state index contributed by atoms with van der Waals surface area (Å²) >= 11 is 0. The molecule has 0 saturated heterocycles. The van der Waals surface area contributed by atoms with Gasteiger partial charge in [-0.2, -0.15) is 9.50 Å². The fraction of sp³-hybridized carbons (Fsp3) is 0.333. The van der Waals surface area contributed by atoms with E-state index in [4.69, 9.17) is 12.3 Å². The third-order valence-corrected chi connectivity index (χ3v) is 4.90. The first-order valence-electron chi connectivity index (χ1n) is 9.86. The highest BCUT2D eigenvalue weighted by molar-refractivity contribution is 5.88. The van der Waals surface area contributed by atoms with Crippen molar-refractivity contribution in [1.29, 1.82) is 0 Å². The highest BCUT2D eigenvalue weighted by atomic mass is 16.1. The first-order chi connectivity index (χ1) is 14.7. The number of nitrogens with two attached hydrogens (primary N) is 1. The molecule has 0 saturated carbocycles. The molecular formula is C21H22N8O. The van der Waals surface area contributed by atoms with Crippen LogP contribution in [0.15, 0.2) is 35.3 Å². The highest BCUT2D eigenvalue weighted by Crippen LogP contribution is 2.34. The third-order valence-electron chi connectivity index (χ3n) is 4.90. The average molecular weight is 402 g/mol. The predicted octanol–water partition coefficient (Wildman–Crippen LogP) is 2.12. The summed E-state index contributed by atoms with van der Waals surface area (Å²) in [5, 5.41) is 4.66. The molecule has 1 amide bonds. The SMILES string of the molecule is [C-]#[N+]CCCc1nc2nc(CN=CCC(N)=O)cc(N3CCc4ccccc43)n2n1. The van der Waals surface area contributed by atoms with Gasteiger partial charge in [0.2, 0.25) is 12.5 Å². The first-order valence-corrected chi connectivity index (χ1v) is 9.86. The van der Waals surface area contributed by atoms with Gasteiger partial charge < -0.3 is 15.5 Å². The Bertz CT molecular complexity index is 1140. The van der Waals surface area contributed by atoms with Gasteiger partial charge in [-0.15, -0.1) is 5.10 Å². The lowest BCUT2D eigenvalue weighted by Crippen LogP contribution is -2.18. The van der Waals surface area contributed by atoms with Crippen molar-refractivity contribution < 1.29 is 4.79 Å². The van der Waals surface area contributed by atoms with E-state index in [0.717, 1.165) is 30.2 Å². The van der Waals surface area contributed by atoms with Crippen molar-refractivity contribution in [2.45, 2.75) is 32.2 Å². The van der Waals surface area contributed by atoms with Crippen molar-refractivity contribution in [3.8, 4) is 0 Å². The molecule has 1 aliphatic rings. The Labute approximate surface area is 174 Å². The van der Waals surface area contributed by atoms with Crippen LogP contribution in [-0.4, -0.2) is 44.8 Å². The molecule has 0 bridgehead atoms. The van der Waals surface area contributed by atoms with Gasteiger partial charge in [-0.05, 0) is 18.1 Å². The van der Waals surface area contributed by atoms with E-state index in [9.17, 15) is 4.79 Å². The number of anilines is 2. The molecule has 2 N–H and O–H groups in total. The van der Waals surface area contributed by atoms with Gasteiger partial charge in [0.05, 0.1) is 18.7 Å². The van der Waals surface area contributed by atoms with Crippen LogP contribution in [0.1, 0.15) is 29.9 Å². The number of aromatic nitrogens is 4. The number of amides is 1. The number of carbonyl (C=O) groups excluding carboxylic acids is 1. The van der Waals surface area contributed by atoms with Crippen molar-refractivity contribution in [3.05, 3.63) is 58.8 Å². The van der Waals surface area contributed by atoms with Crippen LogP contribution < -0.4 is 10.6 Å². The van der Waals surface area contributed by atoms with Gasteiger partial charge in [0.1, 0.15) is 5.82 Å². The normalized spacial score (nSPS) is 13.1. The number of benzene rings is 1. The standard InChI is InChI=1S/C21H22N8O/c1-23-10-4-7-19-26-21-25-16(14-24-11-8-18(22)30)13-20(29(21)27-19)28-12-9-15-5-2-3-6-17(15)28/h2-3,5-6,11,13H,4,7-10,12,14H2,(H2,22,30). The Kier molecular flexibility index (Phi) is 5.66. The number of carbonyl (C=O) groups is 1. The summed E-state index contributed by atoms with van der Waals surface area (Å²) in [6, 6.07) is 10.3. The Hall–Kier alpha value is -3.80. The second kappa shape index (κ2) is 8.69. The van der Waals surface area contributed by atoms with Crippen LogP contribution in [0.4, 0.5) is 11.5 Å². The maximum atomic E-state index is 10.9. The number of fused-ring (bicyclic) bond motifs is 2. The predicted molar refractivity (Wildman–Crippen MR) is 114 cm³/mol. The molecule has 0 spiro atoms. The summed E-state index contributed by atoms with van der Waals surface area (Å²) in [6.45, 7) is 8.57. The van der Waals surface area contributed by atoms with Crippen molar-refractivity contribution in [2.24, 2.45) is 10.7 Å². The van der Waals surface area contributed by atoms with Crippen LogP contribution in [0.25, 0.3) is 10.6 Å². The van der Waals surface area contributed by atoms with E-state index in [2.05, 4.69) is 41.9 Å². The maximum Gasteiger partial charge on any atom is 0.254 e. The Morgan fingerprint density at radius 3 is 3.03 bits per heavy atom. The van der Waals surface area contributed by atoms with Crippen molar-refractivity contribution in [1.82, 2.24) is 19.6 Å². The van der Waals surface area contributed by atoms with Crippen molar-refractivity contribution >= 4 is 29.4 Å². The van der Waals surface area contributed by atoms with Crippen molar-refractivity contribution in [2.75, 3.05) is 18.0 Å². The van der Waals surface area contributed by atoms with E-state index in [1.165, 1.54) is 11.8 Å². The summed E-state index contributed by atoms with van der Waals surface area (Å²) < 4.78 is 1.77. The molecule has 9 nitrogen and oxygen atoms in total. The molecule has 1 aliphatic heterocycles. The number of nitrogens with zero attached hydrogens (tertiary/aromatic N) is 7. The summed E-state index contributed by atoms with van der Waals surface area (Å²) in [7, 11) is 0. The first kappa shape index (κ1) is 19.5. The molecule has 9 heteroatoms. The number of aryl methyl sites for hydroxylation is 1. The number of rotatable bonds is 8. The number of para-hydroxylation sites is 1. The van der Waals surface area contributed by atoms with Gasteiger partial charge >= 0.3 is 0 Å². The molecule has 152 valence electrons. The lowest BCUT2D eigenvalue weighted by Gasteiger charge is -2.20. The van der Waals surface area contributed by atoms with Gasteiger partial charge in [-0.25, -0.2) is 11.6 Å². The van der Waals surface area contributed by atoms with Gasteiger partial charge in [-0.1, -0.05) is 18.2 Å². The summed E-state index contributed by atoms with van der Waals surface area (Å²) in [4.78, 5) is 30.0. The quantitative estimate of drug-likeness (QED) is 0.353. The second-order valence-electron chi connectivity index (χ2n) is 7.05. The molecule has 0 atom stereocenters. The van der Waals surface area contributed by atoms with Crippen molar-refractivity contribution in [3.63, 3.8) is 0 Å². The molecule has 0 fully saturated rings. The topological polar surface area (TPSA) is 106 Å². The minimum absolute atomic E-state index is 0.102. The van der Waals surface area contributed by atoms with Crippen LogP contribution in [0, 0.1) is 6.57 Å². The largest absolute Gasteiger partial charge is 0.369 e. The highest BCUT2D eigenvalue weighted by Gasteiger charge is 2.24. The summed E-state index contributed by atoms with van der Waals surface area (Å²) in [5.74, 6) is 1.65. The lowest BCUT2D eigenvalue weighted by molar-refractivity contribution is -0.116. The number of primary amides is 1. The zero-order chi connectivity index (χ0) is 20.9. The van der Waals surface area contributed by atoms with E-state index in [1.807, 2.05) is 18.2 Å². The minimum atomic E-state index is -0.418. The fourth-order valence-electron chi connectivity index (χ4n) is 3.53. The van der Waals surface area contributed by atoms with Gasteiger partial charge in [0.25, 0.3) is 5.78 Å². The molecule has 0 aliphatic carbocycles. The van der Waals surface area contributed by atoms with Crippen LogP contribution >= 0.6 is 0 Å². The van der Waals surface area contributed by atoms with E-state index in [0.29, 0.717) is 37.5 Å². The van der Waals surface area contributed by atoms with E-state index in [-0.39, 0.29) is 6.42 Å². The zero-order valence-corrected chi connectivity index (χ0v) is 16.5. The number of hydrogen-bond acceptors (Lipinski definition) is 6. The summed E-state index contributed by atoms with van der Waals surface area (Å²) in [5.41, 5.74) is 8.34. The van der Waals surface area contributed by atoms with Gasteiger partial charge in [-0.3, -0.25) is 9.79 Å². The smallest absolute Gasteiger partial charge is 0.254 e. The molecule has 30 heavy (non-hydrogen) atoms. The molecule has 4 rings (SSSR count). The minimum Gasteiger partial charge on any atom is -0.369 e. The number of hydrogen-bond donors (Lipinski definition) is 1. The van der Waals surface area contributed by atoms with Crippen LogP contribution in [0.5, 0.6) is 0 Å². The fourth-order valence-corrected chi connectivity index (χ4v) is 3.53. The molecule has 2 aromatic heterocycles. The van der Waals surface area contributed by atoms with E-state index in [1.54, 1.807) is 4.52 Å². The molecule has 0 unspecified atom stereocenters. The third kappa shape index (κ3) is 4.12. The van der Waals surface area contributed by atoms with Gasteiger partial charge in [0, 0.05) is 37.4 Å². The maximum absolute atomic E-state index is 10.9. The Morgan fingerprint density at radius 2 is 2.20 bits per heavy atom. The Balaban J connectivity index is 1.71. The number of aliphatic imine (C=N–C) groups is 1. The Morgan fingerprint density at radius 1 is 1.33 bits per heavy atom. The monoisotopic (exact) mass is 402 g/mol. The molecule has 0 radical (unpaired) electrons. The van der Waals surface area contributed by atoms with E-state index >= 15 is 0 Å². The van der Waals surface area contributed by atoms with Crippen LogP contribution in [-0.2, 0) is 24.2 Å². The van der Waals surface area contributed by atoms with E-state index < -0.39 is 5.91 Å². The van der Waals surface area contributed by atoms with Crippen LogP contribution in [0.3, 0.4) is 0 Å². The molecule has 1 aromatic carbocycles. The van der Waals surface area contributed by atoms with Gasteiger partial charge in [0.15, 0.2) is 5.82 Å². The molecule has 3 aromatic rings. The van der Waals surface area contributed by atoms with Crippen LogP contribution in [0.2, 0.25) is 0 Å². The second-order valence-corrected chi connectivity index (χ2v) is 7.05. The average Bonchev–Trinajstić information content (AvgIpc) is 3.34. The molecule has 3 heterocycles. The summed E-state index contributed by atoms with van der Waals surface area (Å²) in [6.07, 6.45) is 3.92. The lowest BCUT2D eigenvalue weighted by atomic mass is 10.2. The molecular weight excluding hydrogens is 380 g/mol. The zero-order valence-electron chi connectivity index (χ0n) is 16.5.